The molecule has 112 valence electrons. The van der Waals surface area contributed by atoms with Crippen LogP contribution in [0, 0.1) is 5.41 Å². The van der Waals surface area contributed by atoms with Crippen LogP contribution in [-0.2, 0) is 14.8 Å². The number of amides is 1. The Hall–Kier alpha value is -1.60. The van der Waals surface area contributed by atoms with E-state index in [0.717, 1.165) is 6.26 Å². The lowest BCUT2D eigenvalue weighted by Gasteiger charge is -2.25. The van der Waals surface area contributed by atoms with Crippen LogP contribution in [0.3, 0.4) is 0 Å². The highest BCUT2D eigenvalue weighted by atomic mass is 32.2. The van der Waals surface area contributed by atoms with Crippen LogP contribution < -0.4 is 15.8 Å². The molecular formula is C13H21N3O3S. The molecule has 0 saturated carbocycles. The van der Waals surface area contributed by atoms with Gasteiger partial charge in [-0.3, -0.25) is 9.52 Å². The van der Waals surface area contributed by atoms with Crippen molar-refractivity contribution in [2.75, 3.05) is 22.8 Å². The van der Waals surface area contributed by atoms with Crippen LogP contribution in [0.25, 0.3) is 0 Å². The molecule has 1 amide bonds. The van der Waals surface area contributed by atoms with Crippen molar-refractivity contribution in [1.82, 2.24) is 0 Å². The first-order valence-electron chi connectivity index (χ1n) is 6.30. The Morgan fingerprint density at radius 1 is 1.30 bits per heavy atom. The van der Waals surface area contributed by atoms with Gasteiger partial charge in [0.15, 0.2) is 0 Å². The summed E-state index contributed by atoms with van der Waals surface area (Å²) in [6, 6.07) is 6.63. The highest BCUT2D eigenvalue weighted by molar-refractivity contribution is 7.92. The molecule has 0 spiro atoms. The topological polar surface area (TPSA) is 101 Å². The second kappa shape index (κ2) is 6.23. The molecule has 0 saturated heterocycles. The summed E-state index contributed by atoms with van der Waals surface area (Å²) in [5.74, 6) is -0.231. The Balaban J connectivity index is 3.01. The summed E-state index contributed by atoms with van der Waals surface area (Å²) < 4.78 is 25.0. The first-order valence-corrected chi connectivity index (χ1v) is 8.19. The second-order valence-electron chi connectivity index (χ2n) is 4.99. The Morgan fingerprint density at radius 2 is 1.85 bits per heavy atom. The first kappa shape index (κ1) is 16.5. The molecule has 1 unspecified atom stereocenters. The zero-order chi connectivity index (χ0) is 15.4. The number of sulfonamides is 1. The largest absolute Gasteiger partial charge is 0.329 e. The molecule has 0 aliphatic carbocycles. The van der Waals surface area contributed by atoms with Crippen LogP contribution in [0.15, 0.2) is 24.3 Å². The van der Waals surface area contributed by atoms with Crippen molar-refractivity contribution < 1.29 is 13.2 Å². The predicted molar refractivity (Wildman–Crippen MR) is 81.0 cm³/mol. The maximum Gasteiger partial charge on any atom is 0.231 e. The molecule has 1 aromatic rings. The first-order chi connectivity index (χ1) is 9.22. The van der Waals surface area contributed by atoms with Gasteiger partial charge in [-0.15, -0.1) is 0 Å². The fourth-order valence-electron chi connectivity index (χ4n) is 1.55. The van der Waals surface area contributed by atoms with Gasteiger partial charge >= 0.3 is 0 Å². The fourth-order valence-corrected chi connectivity index (χ4v) is 2.13. The van der Waals surface area contributed by atoms with Gasteiger partial charge in [0.25, 0.3) is 0 Å². The van der Waals surface area contributed by atoms with Gasteiger partial charge in [-0.05, 0) is 25.5 Å². The second-order valence-corrected chi connectivity index (χ2v) is 6.74. The van der Waals surface area contributed by atoms with E-state index in [1.165, 1.54) is 0 Å². The maximum absolute atomic E-state index is 12.2. The number of benzene rings is 1. The summed E-state index contributed by atoms with van der Waals surface area (Å²) >= 11 is 0. The number of hydrogen-bond donors (Lipinski definition) is 3. The number of carbonyl (C=O) groups is 1. The summed E-state index contributed by atoms with van der Waals surface area (Å²) in [4.78, 5) is 12.2. The van der Waals surface area contributed by atoms with Gasteiger partial charge in [-0.2, -0.15) is 0 Å². The van der Waals surface area contributed by atoms with Gasteiger partial charge in [0.2, 0.25) is 15.9 Å². The molecule has 0 aliphatic heterocycles. The minimum atomic E-state index is -3.41. The maximum atomic E-state index is 12.2. The third kappa shape index (κ3) is 4.21. The lowest BCUT2D eigenvalue weighted by molar-refractivity contribution is -0.124. The van der Waals surface area contributed by atoms with E-state index in [1.807, 2.05) is 6.92 Å². The van der Waals surface area contributed by atoms with Crippen LogP contribution in [0.1, 0.15) is 20.3 Å². The minimum absolute atomic E-state index is 0.219. The van der Waals surface area contributed by atoms with E-state index in [4.69, 9.17) is 5.73 Å². The number of hydrogen-bond acceptors (Lipinski definition) is 4. The molecule has 0 aliphatic rings. The van der Waals surface area contributed by atoms with Crippen LogP contribution >= 0.6 is 0 Å². The van der Waals surface area contributed by atoms with Crippen LogP contribution in [-0.4, -0.2) is 27.1 Å². The van der Waals surface area contributed by atoms with Crippen molar-refractivity contribution in [1.29, 1.82) is 0 Å². The van der Waals surface area contributed by atoms with Gasteiger partial charge in [-0.1, -0.05) is 19.1 Å². The van der Waals surface area contributed by atoms with Crippen molar-refractivity contribution >= 4 is 27.3 Å². The third-order valence-electron chi connectivity index (χ3n) is 3.25. The lowest BCUT2D eigenvalue weighted by atomic mass is 9.86. The van der Waals surface area contributed by atoms with Crippen LogP contribution in [0.4, 0.5) is 11.4 Å². The summed E-state index contributed by atoms with van der Waals surface area (Å²) in [7, 11) is -3.41. The summed E-state index contributed by atoms with van der Waals surface area (Å²) in [6.45, 7) is 3.87. The monoisotopic (exact) mass is 299 g/mol. The number of rotatable bonds is 6. The van der Waals surface area contributed by atoms with E-state index in [2.05, 4.69) is 10.0 Å². The number of para-hydroxylation sites is 2. The smallest absolute Gasteiger partial charge is 0.231 e. The highest BCUT2D eigenvalue weighted by Crippen LogP contribution is 2.26. The Morgan fingerprint density at radius 3 is 2.30 bits per heavy atom. The zero-order valence-electron chi connectivity index (χ0n) is 11.9. The molecule has 1 atom stereocenters. The molecule has 0 radical (unpaired) electrons. The standard InChI is InChI=1S/C13H21N3O3S/c1-4-13(2,9-14)12(17)15-10-7-5-6-8-11(10)16-20(3,18)19/h5-8,16H,4,9,14H2,1-3H3,(H,15,17). The molecule has 1 aromatic carbocycles. The van der Waals surface area contributed by atoms with Crippen molar-refractivity contribution in [2.45, 2.75) is 20.3 Å². The summed E-state index contributed by atoms with van der Waals surface area (Å²) in [6.07, 6.45) is 1.65. The molecule has 7 heteroatoms. The van der Waals surface area contributed by atoms with E-state index in [9.17, 15) is 13.2 Å². The quantitative estimate of drug-likeness (QED) is 0.738. The molecule has 0 bridgehead atoms. The lowest BCUT2D eigenvalue weighted by Crippen LogP contribution is -2.39. The number of anilines is 2. The van der Waals surface area contributed by atoms with E-state index in [0.29, 0.717) is 17.8 Å². The molecular weight excluding hydrogens is 278 g/mol. The summed E-state index contributed by atoms with van der Waals surface area (Å²) in [5, 5.41) is 2.73. The fraction of sp³-hybridized carbons (Fsp3) is 0.462. The van der Waals surface area contributed by atoms with Crippen molar-refractivity contribution in [3.63, 3.8) is 0 Å². The molecule has 4 N–H and O–H groups in total. The molecule has 20 heavy (non-hydrogen) atoms. The number of carbonyl (C=O) groups excluding carboxylic acids is 1. The van der Waals surface area contributed by atoms with E-state index >= 15 is 0 Å². The molecule has 0 aromatic heterocycles. The minimum Gasteiger partial charge on any atom is -0.329 e. The molecule has 6 nitrogen and oxygen atoms in total. The molecule has 1 rings (SSSR count). The predicted octanol–water partition coefficient (Wildman–Crippen LogP) is 1.37. The Bertz CT molecular complexity index is 580. The van der Waals surface area contributed by atoms with Crippen molar-refractivity contribution in [2.24, 2.45) is 11.1 Å². The SMILES string of the molecule is CCC(C)(CN)C(=O)Nc1ccccc1NS(C)(=O)=O. The van der Waals surface area contributed by atoms with Gasteiger partial charge in [-0.25, -0.2) is 8.42 Å². The Kier molecular flexibility index (Phi) is 5.13. The van der Waals surface area contributed by atoms with Gasteiger partial charge < -0.3 is 11.1 Å². The van der Waals surface area contributed by atoms with Crippen LogP contribution in [0.5, 0.6) is 0 Å². The zero-order valence-corrected chi connectivity index (χ0v) is 12.8. The van der Waals surface area contributed by atoms with E-state index in [-0.39, 0.29) is 12.5 Å². The number of nitrogens with one attached hydrogen (secondary N) is 2. The van der Waals surface area contributed by atoms with Crippen LogP contribution in [0.2, 0.25) is 0 Å². The van der Waals surface area contributed by atoms with E-state index < -0.39 is 15.4 Å². The Labute approximate surface area is 119 Å². The van der Waals surface area contributed by atoms with Gasteiger partial charge in [0, 0.05) is 6.54 Å². The van der Waals surface area contributed by atoms with Gasteiger partial charge in [0.05, 0.1) is 23.0 Å². The number of nitrogens with two attached hydrogens (primary N) is 1. The molecule has 0 heterocycles. The van der Waals surface area contributed by atoms with Gasteiger partial charge in [0.1, 0.15) is 0 Å². The molecule has 0 fully saturated rings. The summed E-state index contributed by atoms with van der Waals surface area (Å²) in [5.41, 5.74) is 5.70. The normalized spacial score (nSPS) is 14.4. The van der Waals surface area contributed by atoms with E-state index in [1.54, 1.807) is 31.2 Å². The van der Waals surface area contributed by atoms with Crippen molar-refractivity contribution in [3.8, 4) is 0 Å². The average Bonchev–Trinajstić information content (AvgIpc) is 2.38. The average molecular weight is 299 g/mol. The van der Waals surface area contributed by atoms with Crippen molar-refractivity contribution in [3.05, 3.63) is 24.3 Å². The highest BCUT2D eigenvalue weighted by Gasteiger charge is 2.30. The third-order valence-corrected chi connectivity index (χ3v) is 3.84.